The monoisotopic (exact) mass is 225 g/mol. The second-order valence-corrected chi connectivity index (χ2v) is 3.71. The number of benzene rings is 1. The summed E-state index contributed by atoms with van der Waals surface area (Å²) in [7, 11) is 1.80. The number of nitrogens with zero attached hydrogens (tertiary/aromatic N) is 2. The van der Waals surface area contributed by atoms with E-state index in [1.54, 1.807) is 13.2 Å². The lowest BCUT2D eigenvalue weighted by atomic mass is 10.1. The van der Waals surface area contributed by atoms with Gasteiger partial charge in [-0.25, -0.2) is 0 Å². The highest BCUT2D eigenvalue weighted by atomic mass is 15.3. The third-order valence-corrected chi connectivity index (χ3v) is 2.54. The molecule has 0 aliphatic carbocycles. The first-order valence-corrected chi connectivity index (χ1v) is 5.54. The predicted octanol–water partition coefficient (Wildman–Crippen LogP) is 2.69. The highest BCUT2D eigenvalue weighted by Crippen LogP contribution is 2.17. The van der Waals surface area contributed by atoms with Gasteiger partial charge in [-0.2, -0.15) is 5.10 Å². The molecule has 0 spiro atoms. The Morgan fingerprint density at radius 3 is 2.47 bits per heavy atom. The Kier molecular flexibility index (Phi) is 3.50. The molecule has 1 N–H and O–H groups in total. The quantitative estimate of drug-likeness (QED) is 0.644. The summed E-state index contributed by atoms with van der Waals surface area (Å²) in [5.74, 6) is 0. The van der Waals surface area contributed by atoms with Crippen LogP contribution >= 0.6 is 0 Å². The summed E-state index contributed by atoms with van der Waals surface area (Å²) in [6.07, 6.45) is 1.80. The van der Waals surface area contributed by atoms with E-state index in [1.165, 1.54) is 0 Å². The van der Waals surface area contributed by atoms with Gasteiger partial charge in [0.2, 0.25) is 0 Å². The average Bonchev–Trinajstić information content (AvgIpc) is 2.40. The Labute approximate surface area is 101 Å². The van der Waals surface area contributed by atoms with E-state index >= 15 is 0 Å². The third kappa shape index (κ3) is 2.69. The average molecular weight is 225 g/mol. The van der Waals surface area contributed by atoms with Gasteiger partial charge in [-0.05, 0) is 24.6 Å². The zero-order chi connectivity index (χ0) is 12.1. The minimum Gasteiger partial charge on any atom is -0.313 e. The summed E-state index contributed by atoms with van der Waals surface area (Å²) in [4.78, 5) is 4.32. The standard InChI is InChI=1S/C14H15N3/c1-11(17-15-2)12-6-8-13(9-7-12)14-5-3-4-10-16-14/h3-10,15H,1-2H3/b17-11+. The number of rotatable bonds is 3. The second kappa shape index (κ2) is 5.25. The van der Waals surface area contributed by atoms with Gasteiger partial charge in [-0.3, -0.25) is 4.98 Å². The molecule has 0 bridgehead atoms. The van der Waals surface area contributed by atoms with Crippen molar-refractivity contribution >= 4 is 5.71 Å². The maximum Gasteiger partial charge on any atom is 0.0701 e. The molecule has 0 saturated heterocycles. The molecule has 1 heterocycles. The van der Waals surface area contributed by atoms with Gasteiger partial charge in [0, 0.05) is 18.8 Å². The van der Waals surface area contributed by atoms with Crippen LogP contribution in [0.5, 0.6) is 0 Å². The van der Waals surface area contributed by atoms with Crippen LogP contribution in [-0.2, 0) is 0 Å². The highest BCUT2D eigenvalue weighted by molar-refractivity contribution is 5.98. The Hall–Kier alpha value is -2.16. The molecule has 0 aliphatic heterocycles. The van der Waals surface area contributed by atoms with Crippen molar-refractivity contribution in [1.82, 2.24) is 10.4 Å². The van der Waals surface area contributed by atoms with Crippen LogP contribution in [0.1, 0.15) is 12.5 Å². The molecule has 0 aliphatic rings. The normalized spacial score (nSPS) is 11.3. The lowest BCUT2D eigenvalue weighted by Gasteiger charge is -2.03. The summed E-state index contributed by atoms with van der Waals surface area (Å²) in [5, 5.41) is 4.15. The van der Waals surface area contributed by atoms with Gasteiger partial charge >= 0.3 is 0 Å². The summed E-state index contributed by atoms with van der Waals surface area (Å²) >= 11 is 0. The van der Waals surface area contributed by atoms with Crippen molar-refractivity contribution in [3.63, 3.8) is 0 Å². The molecule has 0 saturated carbocycles. The summed E-state index contributed by atoms with van der Waals surface area (Å²) < 4.78 is 0. The number of hydrogen-bond acceptors (Lipinski definition) is 3. The van der Waals surface area contributed by atoms with E-state index in [1.807, 2.05) is 25.1 Å². The van der Waals surface area contributed by atoms with Crippen molar-refractivity contribution < 1.29 is 0 Å². The van der Waals surface area contributed by atoms with E-state index in [9.17, 15) is 0 Å². The van der Waals surface area contributed by atoms with Gasteiger partial charge in [-0.15, -0.1) is 0 Å². The minimum atomic E-state index is 0.972. The lowest BCUT2D eigenvalue weighted by molar-refractivity contribution is 0.900. The first-order chi connectivity index (χ1) is 8.31. The SMILES string of the molecule is CN/N=C(\C)c1ccc(-c2ccccn2)cc1. The van der Waals surface area contributed by atoms with E-state index in [2.05, 4.69) is 39.8 Å². The minimum absolute atomic E-state index is 0.972. The predicted molar refractivity (Wildman–Crippen MR) is 70.9 cm³/mol. The molecule has 1 aromatic heterocycles. The fourth-order valence-electron chi connectivity index (χ4n) is 1.65. The largest absolute Gasteiger partial charge is 0.313 e. The zero-order valence-corrected chi connectivity index (χ0v) is 10.0. The van der Waals surface area contributed by atoms with E-state index < -0.39 is 0 Å². The van der Waals surface area contributed by atoms with Crippen molar-refractivity contribution in [2.45, 2.75) is 6.92 Å². The van der Waals surface area contributed by atoms with Crippen LogP contribution in [0.2, 0.25) is 0 Å². The Bertz CT molecular complexity index is 501. The van der Waals surface area contributed by atoms with Crippen LogP contribution in [0, 0.1) is 0 Å². The van der Waals surface area contributed by atoms with E-state index in [4.69, 9.17) is 0 Å². The number of hydrazone groups is 1. The van der Waals surface area contributed by atoms with Gasteiger partial charge in [-0.1, -0.05) is 30.3 Å². The molecular formula is C14H15N3. The fourth-order valence-corrected chi connectivity index (χ4v) is 1.65. The molecule has 0 amide bonds. The van der Waals surface area contributed by atoms with Crippen LogP contribution < -0.4 is 5.43 Å². The summed E-state index contributed by atoms with van der Waals surface area (Å²) in [6, 6.07) is 14.1. The van der Waals surface area contributed by atoms with Crippen molar-refractivity contribution in [2.75, 3.05) is 7.05 Å². The van der Waals surface area contributed by atoms with Gasteiger partial charge in [0.05, 0.1) is 11.4 Å². The smallest absolute Gasteiger partial charge is 0.0701 e. The van der Waals surface area contributed by atoms with Crippen LogP contribution in [0.15, 0.2) is 53.8 Å². The molecule has 3 heteroatoms. The molecule has 0 fully saturated rings. The number of hydrogen-bond donors (Lipinski definition) is 1. The maximum atomic E-state index is 4.32. The zero-order valence-electron chi connectivity index (χ0n) is 10.0. The van der Waals surface area contributed by atoms with Gasteiger partial charge < -0.3 is 5.43 Å². The molecule has 0 unspecified atom stereocenters. The summed E-state index contributed by atoms with van der Waals surface area (Å²) in [6.45, 7) is 1.98. The summed E-state index contributed by atoms with van der Waals surface area (Å²) in [5.41, 5.74) is 6.98. The van der Waals surface area contributed by atoms with Crippen molar-refractivity contribution in [3.05, 3.63) is 54.2 Å². The Morgan fingerprint density at radius 2 is 1.88 bits per heavy atom. The molecule has 3 nitrogen and oxygen atoms in total. The fraction of sp³-hybridized carbons (Fsp3) is 0.143. The van der Waals surface area contributed by atoms with Crippen molar-refractivity contribution in [1.29, 1.82) is 0 Å². The first-order valence-electron chi connectivity index (χ1n) is 5.54. The topological polar surface area (TPSA) is 37.3 Å². The molecule has 0 radical (unpaired) electrons. The lowest BCUT2D eigenvalue weighted by Crippen LogP contribution is -2.02. The second-order valence-electron chi connectivity index (χ2n) is 3.71. The maximum absolute atomic E-state index is 4.32. The molecule has 1 aromatic carbocycles. The first kappa shape index (κ1) is 11.3. The van der Waals surface area contributed by atoms with Crippen LogP contribution in [0.25, 0.3) is 11.3 Å². The Balaban J connectivity index is 2.28. The molecule has 2 aromatic rings. The van der Waals surface area contributed by atoms with Crippen LogP contribution in [-0.4, -0.2) is 17.7 Å². The van der Waals surface area contributed by atoms with Crippen molar-refractivity contribution in [2.24, 2.45) is 5.10 Å². The van der Waals surface area contributed by atoms with Gasteiger partial charge in [0.1, 0.15) is 0 Å². The van der Waals surface area contributed by atoms with E-state index in [0.29, 0.717) is 0 Å². The van der Waals surface area contributed by atoms with Crippen LogP contribution in [0.3, 0.4) is 0 Å². The van der Waals surface area contributed by atoms with E-state index in [0.717, 1.165) is 22.5 Å². The Morgan fingerprint density at radius 1 is 1.12 bits per heavy atom. The van der Waals surface area contributed by atoms with Crippen LogP contribution in [0.4, 0.5) is 0 Å². The number of nitrogens with one attached hydrogen (secondary N) is 1. The number of pyridine rings is 1. The molecule has 86 valence electrons. The molecule has 17 heavy (non-hydrogen) atoms. The van der Waals surface area contributed by atoms with E-state index in [-0.39, 0.29) is 0 Å². The van der Waals surface area contributed by atoms with Gasteiger partial charge in [0.15, 0.2) is 0 Å². The number of aromatic nitrogens is 1. The molecule has 2 rings (SSSR count). The van der Waals surface area contributed by atoms with Gasteiger partial charge in [0.25, 0.3) is 0 Å². The van der Waals surface area contributed by atoms with Crippen molar-refractivity contribution in [3.8, 4) is 11.3 Å². The third-order valence-electron chi connectivity index (χ3n) is 2.54. The molecule has 0 atom stereocenters. The highest BCUT2D eigenvalue weighted by Gasteiger charge is 2.00. The molecular weight excluding hydrogens is 210 g/mol.